The molecule has 1 fully saturated rings. The van der Waals surface area contributed by atoms with E-state index in [1.807, 2.05) is 0 Å². The molecular weight excluding hydrogens is 303 g/mol. The highest BCUT2D eigenvalue weighted by atomic mass is 19.1. The Bertz CT molecular complexity index is 605. The Hall–Kier alpha value is -1.91. The molecule has 5 atom stereocenters. The van der Waals surface area contributed by atoms with Gasteiger partial charge in [-0.1, -0.05) is 12.1 Å². The van der Waals surface area contributed by atoms with Gasteiger partial charge in [0.25, 0.3) is 5.79 Å². The fourth-order valence-electron chi connectivity index (χ4n) is 2.15. The molecule has 1 saturated heterocycles. The molecule has 22 heavy (non-hydrogen) atoms. The van der Waals surface area contributed by atoms with Crippen LogP contribution in [0.2, 0.25) is 0 Å². The summed E-state index contributed by atoms with van der Waals surface area (Å²) in [4.78, 5) is 23.2. The number of carbonyl (C=O) groups excluding carboxylic acids is 1. The van der Waals surface area contributed by atoms with Crippen molar-refractivity contribution in [2.75, 3.05) is 0 Å². The predicted molar refractivity (Wildman–Crippen MR) is 66.2 cm³/mol. The molecule has 0 saturated carbocycles. The minimum absolute atomic E-state index is 0.670. The van der Waals surface area contributed by atoms with E-state index >= 15 is 0 Å². The van der Waals surface area contributed by atoms with Crippen molar-refractivity contribution in [3.63, 3.8) is 0 Å². The topological polar surface area (TPSA) is 145 Å². The highest BCUT2D eigenvalue weighted by molar-refractivity contribution is 6.02. The van der Waals surface area contributed by atoms with Gasteiger partial charge in [0.1, 0.15) is 24.1 Å². The molecular formula is C13H13FO8. The maximum absolute atomic E-state index is 13.6. The molecule has 9 heteroatoms. The van der Waals surface area contributed by atoms with Crippen molar-refractivity contribution in [3.8, 4) is 0 Å². The lowest BCUT2D eigenvalue weighted by molar-refractivity contribution is -0.314. The van der Waals surface area contributed by atoms with Crippen LogP contribution in [0.25, 0.3) is 0 Å². The van der Waals surface area contributed by atoms with Gasteiger partial charge in [-0.05, 0) is 12.1 Å². The zero-order chi connectivity index (χ0) is 16.7. The summed E-state index contributed by atoms with van der Waals surface area (Å²) in [6.07, 6.45) is -8.82. The second-order valence-electron chi connectivity index (χ2n) is 4.81. The number of benzene rings is 1. The lowest BCUT2D eigenvalue weighted by atomic mass is 9.87. The Labute approximate surface area is 123 Å². The molecule has 0 amide bonds. The van der Waals surface area contributed by atoms with Gasteiger partial charge in [0, 0.05) is 0 Å². The van der Waals surface area contributed by atoms with Crippen LogP contribution in [0.15, 0.2) is 24.3 Å². The number of hydrogen-bond acceptors (Lipinski definition) is 7. The van der Waals surface area contributed by atoms with Crippen LogP contribution in [-0.2, 0) is 9.53 Å². The van der Waals surface area contributed by atoms with Crippen LogP contribution in [0.4, 0.5) is 4.39 Å². The van der Waals surface area contributed by atoms with E-state index in [2.05, 4.69) is 4.74 Å². The Kier molecular flexibility index (Phi) is 4.27. The van der Waals surface area contributed by atoms with E-state index in [0.29, 0.717) is 0 Å². The third-order valence-corrected chi connectivity index (χ3v) is 3.38. The fraction of sp³-hybridized carbons (Fsp3) is 0.385. The third kappa shape index (κ3) is 2.49. The molecule has 5 N–H and O–H groups in total. The number of aliphatic hydroxyl groups is 4. The number of Topliss-reactive ketones (excluding diaryl/α,β-unsaturated/α-hetero) is 1. The second-order valence-corrected chi connectivity index (χ2v) is 4.81. The molecule has 1 aliphatic heterocycles. The molecule has 1 aromatic rings. The first-order valence-electron chi connectivity index (χ1n) is 6.16. The summed E-state index contributed by atoms with van der Waals surface area (Å²) in [5.41, 5.74) is -0.670. The smallest absolute Gasteiger partial charge is 0.335 e. The van der Waals surface area contributed by atoms with Crippen LogP contribution in [0.3, 0.4) is 0 Å². The van der Waals surface area contributed by atoms with E-state index in [1.54, 1.807) is 0 Å². The minimum Gasteiger partial charge on any atom is -0.479 e. The molecule has 0 spiro atoms. The summed E-state index contributed by atoms with van der Waals surface area (Å²) in [6.45, 7) is 0. The first-order chi connectivity index (χ1) is 10.2. The van der Waals surface area contributed by atoms with E-state index in [1.165, 1.54) is 12.1 Å². The molecule has 0 radical (unpaired) electrons. The van der Waals surface area contributed by atoms with Crippen molar-refractivity contribution >= 4 is 11.8 Å². The van der Waals surface area contributed by atoms with Crippen molar-refractivity contribution in [2.24, 2.45) is 0 Å². The number of halogens is 1. The van der Waals surface area contributed by atoms with Crippen molar-refractivity contribution in [1.29, 1.82) is 0 Å². The van der Waals surface area contributed by atoms with Gasteiger partial charge in [-0.15, -0.1) is 0 Å². The number of aliphatic carboxylic acids is 1. The number of hydrogen-bond donors (Lipinski definition) is 5. The largest absolute Gasteiger partial charge is 0.479 e. The summed E-state index contributed by atoms with van der Waals surface area (Å²) in [5, 5.41) is 47.9. The van der Waals surface area contributed by atoms with Crippen LogP contribution in [-0.4, -0.2) is 67.5 Å². The van der Waals surface area contributed by atoms with Gasteiger partial charge in [0.2, 0.25) is 5.78 Å². The number of rotatable bonds is 3. The van der Waals surface area contributed by atoms with Gasteiger partial charge in [-0.25, -0.2) is 9.18 Å². The summed E-state index contributed by atoms with van der Waals surface area (Å²) in [7, 11) is 0. The van der Waals surface area contributed by atoms with Gasteiger partial charge >= 0.3 is 5.97 Å². The first kappa shape index (κ1) is 16.5. The van der Waals surface area contributed by atoms with Crippen LogP contribution in [0.5, 0.6) is 0 Å². The van der Waals surface area contributed by atoms with Crippen LogP contribution < -0.4 is 0 Å². The quantitative estimate of drug-likeness (QED) is 0.413. The van der Waals surface area contributed by atoms with E-state index in [9.17, 15) is 34.4 Å². The molecule has 1 aromatic carbocycles. The summed E-state index contributed by atoms with van der Waals surface area (Å²) >= 11 is 0. The molecule has 0 aliphatic carbocycles. The number of carboxylic acids is 1. The molecule has 8 nitrogen and oxygen atoms in total. The predicted octanol–water partition coefficient (Wildman–Crippen LogP) is -1.74. The number of carbonyl (C=O) groups is 2. The maximum atomic E-state index is 13.6. The second kappa shape index (κ2) is 5.71. The molecule has 1 unspecified atom stereocenters. The molecule has 2 rings (SSSR count). The van der Waals surface area contributed by atoms with E-state index in [0.717, 1.165) is 12.1 Å². The zero-order valence-electron chi connectivity index (χ0n) is 11.0. The van der Waals surface area contributed by atoms with E-state index in [-0.39, 0.29) is 0 Å². The Balaban J connectivity index is 2.44. The van der Waals surface area contributed by atoms with Gasteiger partial charge in [0.15, 0.2) is 6.10 Å². The van der Waals surface area contributed by atoms with Gasteiger partial charge in [-0.3, -0.25) is 4.79 Å². The van der Waals surface area contributed by atoms with E-state index in [4.69, 9.17) is 5.11 Å². The van der Waals surface area contributed by atoms with Crippen LogP contribution in [0.1, 0.15) is 10.4 Å². The lowest BCUT2D eigenvalue weighted by Crippen LogP contribution is -2.68. The lowest BCUT2D eigenvalue weighted by Gasteiger charge is -2.43. The fourth-order valence-corrected chi connectivity index (χ4v) is 2.15. The maximum Gasteiger partial charge on any atom is 0.335 e. The van der Waals surface area contributed by atoms with Crippen molar-refractivity contribution in [3.05, 3.63) is 35.6 Å². The Morgan fingerprint density at radius 1 is 1.14 bits per heavy atom. The van der Waals surface area contributed by atoms with Gasteiger partial charge in [-0.2, -0.15) is 0 Å². The van der Waals surface area contributed by atoms with Crippen LogP contribution in [0, 0.1) is 5.82 Å². The standard InChI is InChI=1S/C13H13FO8/c14-6-4-2-1-3-5(6)10(17)13(21)11(18)8(16)7(15)9(22-13)12(19)20/h1-4,7-9,11,15-16,18,21H,(H,19,20)/t7-,8-,9-,11+,13?/m0/s1. The monoisotopic (exact) mass is 316 g/mol. The molecule has 0 bridgehead atoms. The average Bonchev–Trinajstić information content (AvgIpc) is 2.48. The Morgan fingerprint density at radius 2 is 1.73 bits per heavy atom. The SMILES string of the molecule is O=C(O)[C@H]1OC(O)(C(=O)c2ccccc2F)[C@H](O)[C@@H](O)[C@@H]1O. The van der Waals surface area contributed by atoms with Crippen LogP contribution >= 0.6 is 0 Å². The van der Waals surface area contributed by atoms with Gasteiger partial charge in [0.05, 0.1) is 5.56 Å². The Morgan fingerprint density at radius 3 is 2.27 bits per heavy atom. The summed E-state index contributed by atoms with van der Waals surface area (Å²) in [6, 6.07) is 4.44. The minimum atomic E-state index is -3.22. The first-order valence-corrected chi connectivity index (χ1v) is 6.16. The van der Waals surface area contributed by atoms with Crippen molar-refractivity contribution in [1.82, 2.24) is 0 Å². The van der Waals surface area contributed by atoms with Gasteiger partial charge < -0.3 is 30.3 Å². The average molecular weight is 316 g/mol. The number of aliphatic hydroxyl groups excluding tert-OH is 3. The molecule has 1 aliphatic rings. The molecule has 0 aromatic heterocycles. The summed E-state index contributed by atoms with van der Waals surface area (Å²) in [5.74, 6) is -7.51. The number of ether oxygens (including phenoxy) is 1. The summed E-state index contributed by atoms with van der Waals surface area (Å²) < 4.78 is 18.2. The normalized spacial score (nSPS) is 35.1. The highest BCUT2D eigenvalue weighted by Crippen LogP contribution is 2.31. The molecule has 120 valence electrons. The number of ketones is 1. The zero-order valence-corrected chi connectivity index (χ0v) is 11.0. The number of carboxylic acid groups (broad SMARTS) is 1. The van der Waals surface area contributed by atoms with E-state index < -0.39 is 53.3 Å². The highest BCUT2D eigenvalue weighted by Gasteiger charge is 2.59. The molecule has 1 heterocycles. The third-order valence-electron chi connectivity index (χ3n) is 3.38. The van der Waals surface area contributed by atoms with Crippen molar-refractivity contribution < 1.29 is 44.2 Å². The van der Waals surface area contributed by atoms with Crippen molar-refractivity contribution in [2.45, 2.75) is 30.2 Å².